The van der Waals surface area contributed by atoms with Crippen molar-refractivity contribution in [3.8, 4) is 0 Å². The summed E-state index contributed by atoms with van der Waals surface area (Å²) in [6.45, 7) is 4.18. The molecule has 1 atom stereocenters. The molecule has 1 aliphatic rings. The van der Waals surface area contributed by atoms with Crippen molar-refractivity contribution in [3.05, 3.63) is 0 Å². The SMILES string of the molecule is CC(O)CCN1CCOCCC1=O. The number of aliphatic hydroxyl groups is 1. The Morgan fingerprint density at radius 2 is 2.38 bits per heavy atom. The minimum Gasteiger partial charge on any atom is -0.393 e. The molecule has 4 heteroatoms. The molecule has 13 heavy (non-hydrogen) atoms. The van der Waals surface area contributed by atoms with Gasteiger partial charge >= 0.3 is 0 Å². The summed E-state index contributed by atoms with van der Waals surface area (Å²) in [4.78, 5) is 13.2. The molecule has 1 heterocycles. The van der Waals surface area contributed by atoms with E-state index in [0.29, 0.717) is 39.1 Å². The molecule has 4 nitrogen and oxygen atoms in total. The molecule has 0 saturated carbocycles. The number of hydrogen-bond donors (Lipinski definition) is 1. The van der Waals surface area contributed by atoms with E-state index in [1.165, 1.54) is 0 Å². The van der Waals surface area contributed by atoms with Crippen molar-refractivity contribution in [2.45, 2.75) is 25.9 Å². The van der Waals surface area contributed by atoms with E-state index in [1.54, 1.807) is 11.8 Å². The van der Waals surface area contributed by atoms with Gasteiger partial charge in [-0.05, 0) is 13.3 Å². The summed E-state index contributed by atoms with van der Waals surface area (Å²) in [7, 11) is 0. The van der Waals surface area contributed by atoms with Crippen LogP contribution in [0.1, 0.15) is 19.8 Å². The molecule has 0 aliphatic carbocycles. The van der Waals surface area contributed by atoms with Crippen LogP contribution in [0.25, 0.3) is 0 Å². The van der Waals surface area contributed by atoms with E-state index in [2.05, 4.69) is 0 Å². The lowest BCUT2D eigenvalue weighted by Gasteiger charge is -2.20. The van der Waals surface area contributed by atoms with Crippen LogP contribution in [0.3, 0.4) is 0 Å². The van der Waals surface area contributed by atoms with Crippen LogP contribution in [0, 0.1) is 0 Å². The van der Waals surface area contributed by atoms with Crippen LogP contribution < -0.4 is 0 Å². The molecule has 0 aromatic carbocycles. The zero-order chi connectivity index (χ0) is 9.68. The highest BCUT2D eigenvalue weighted by molar-refractivity contribution is 5.76. The number of carbonyl (C=O) groups excluding carboxylic acids is 1. The maximum atomic E-state index is 11.4. The molecule has 1 fully saturated rings. The van der Waals surface area contributed by atoms with E-state index in [9.17, 15) is 4.79 Å². The quantitative estimate of drug-likeness (QED) is 0.677. The number of ether oxygens (including phenoxy) is 1. The second kappa shape index (κ2) is 5.19. The zero-order valence-electron chi connectivity index (χ0n) is 8.03. The van der Waals surface area contributed by atoms with Gasteiger partial charge in [-0.1, -0.05) is 0 Å². The van der Waals surface area contributed by atoms with E-state index in [-0.39, 0.29) is 12.0 Å². The fourth-order valence-electron chi connectivity index (χ4n) is 1.30. The second-order valence-electron chi connectivity index (χ2n) is 3.38. The molecule has 0 aromatic heterocycles. The van der Waals surface area contributed by atoms with Crippen LogP contribution in [0.2, 0.25) is 0 Å². The van der Waals surface area contributed by atoms with Crippen LogP contribution in [0.5, 0.6) is 0 Å². The lowest BCUT2D eigenvalue weighted by molar-refractivity contribution is -0.130. The molecular weight excluding hydrogens is 170 g/mol. The van der Waals surface area contributed by atoms with Gasteiger partial charge in [0.05, 0.1) is 25.7 Å². The molecular formula is C9H17NO3. The van der Waals surface area contributed by atoms with Crippen molar-refractivity contribution < 1.29 is 14.6 Å². The normalized spacial score (nSPS) is 21.4. The third kappa shape index (κ3) is 3.74. The van der Waals surface area contributed by atoms with Gasteiger partial charge in [0, 0.05) is 13.1 Å². The fraction of sp³-hybridized carbons (Fsp3) is 0.889. The summed E-state index contributed by atoms with van der Waals surface area (Å²) in [5.41, 5.74) is 0. The van der Waals surface area contributed by atoms with Crippen molar-refractivity contribution in [2.75, 3.05) is 26.3 Å². The molecule has 1 unspecified atom stereocenters. The van der Waals surface area contributed by atoms with Crippen LogP contribution in [-0.2, 0) is 9.53 Å². The molecule has 76 valence electrons. The van der Waals surface area contributed by atoms with Gasteiger partial charge in [0.1, 0.15) is 0 Å². The lowest BCUT2D eigenvalue weighted by atomic mass is 10.2. The van der Waals surface area contributed by atoms with Crippen molar-refractivity contribution in [1.82, 2.24) is 4.90 Å². The van der Waals surface area contributed by atoms with Crippen LogP contribution in [0.4, 0.5) is 0 Å². The monoisotopic (exact) mass is 187 g/mol. The first-order chi connectivity index (χ1) is 6.20. The molecule has 0 radical (unpaired) electrons. The molecule has 1 rings (SSSR count). The number of aliphatic hydroxyl groups excluding tert-OH is 1. The predicted molar refractivity (Wildman–Crippen MR) is 48.3 cm³/mol. The first-order valence-corrected chi connectivity index (χ1v) is 4.73. The van der Waals surface area contributed by atoms with Gasteiger partial charge in [-0.25, -0.2) is 0 Å². The summed E-state index contributed by atoms with van der Waals surface area (Å²) in [5, 5.41) is 9.07. The first-order valence-electron chi connectivity index (χ1n) is 4.73. The summed E-state index contributed by atoms with van der Waals surface area (Å²) < 4.78 is 5.18. The highest BCUT2D eigenvalue weighted by Gasteiger charge is 2.16. The summed E-state index contributed by atoms with van der Waals surface area (Å²) in [6.07, 6.45) is 0.780. The van der Waals surface area contributed by atoms with Crippen molar-refractivity contribution in [1.29, 1.82) is 0 Å². The Hall–Kier alpha value is -0.610. The van der Waals surface area contributed by atoms with E-state index in [0.717, 1.165) is 0 Å². The highest BCUT2D eigenvalue weighted by Crippen LogP contribution is 2.03. The van der Waals surface area contributed by atoms with E-state index < -0.39 is 0 Å². The summed E-state index contributed by atoms with van der Waals surface area (Å²) in [5.74, 6) is 0.137. The first kappa shape index (κ1) is 10.5. The fourth-order valence-corrected chi connectivity index (χ4v) is 1.30. The van der Waals surface area contributed by atoms with Gasteiger partial charge in [0.25, 0.3) is 0 Å². The van der Waals surface area contributed by atoms with Crippen molar-refractivity contribution in [3.63, 3.8) is 0 Å². The molecule has 0 bridgehead atoms. The smallest absolute Gasteiger partial charge is 0.224 e. The Labute approximate surface area is 78.5 Å². The van der Waals surface area contributed by atoms with Gasteiger partial charge in [-0.2, -0.15) is 0 Å². The van der Waals surface area contributed by atoms with Gasteiger partial charge in [0.15, 0.2) is 0 Å². The molecule has 1 saturated heterocycles. The second-order valence-corrected chi connectivity index (χ2v) is 3.38. The standard InChI is InChI=1S/C9H17NO3/c1-8(11)2-4-10-5-7-13-6-3-9(10)12/h8,11H,2-7H2,1H3. The minimum atomic E-state index is -0.336. The van der Waals surface area contributed by atoms with Crippen molar-refractivity contribution >= 4 is 5.91 Å². The van der Waals surface area contributed by atoms with Crippen LogP contribution >= 0.6 is 0 Å². The number of amides is 1. The largest absolute Gasteiger partial charge is 0.393 e. The predicted octanol–water partition coefficient (Wildman–Crippen LogP) is 0.00620. The topological polar surface area (TPSA) is 49.8 Å². The Balaban J connectivity index is 2.32. The maximum Gasteiger partial charge on any atom is 0.224 e. The van der Waals surface area contributed by atoms with E-state index in [4.69, 9.17) is 9.84 Å². The van der Waals surface area contributed by atoms with Crippen LogP contribution in [0.15, 0.2) is 0 Å². The van der Waals surface area contributed by atoms with E-state index >= 15 is 0 Å². The van der Waals surface area contributed by atoms with Crippen LogP contribution in [-0.4, -0.2) is 48.3 Å². The number of rotatable bonds is 3. The zero-order valence-corrected chi connectivity index (χ0v) is 8.03. The molecule has 1 aliphatic heterocycles. The Kier molecular flexibility index (Phi) is 4.18. The Bertz CT molecular complexity index is 170. The lowest BCUT2D eigenvalue weighted by Crippen LogP contribution is -2.33. The molecule has 1 amide bonds. The molecule has 1 N–H and O–H groups in total. The Morgan fingerprint density at radius 3 is 3.08 bits per heavy atom. The third-order valence-corrected chi connectivity index (χ3v) is 2.14. The average molecular weight is 187 g/mol. The summed E-state index contributed by atoms with van der Waals surface area (Å²) >= 11 is 0. The van der Waals surface area contributed by atoms with Crippen molar-refractivity contribution in [2.24, 2.45) is 0 Å². The highest BCUT2D eigenvalue weighted by atomic mass is 16.5. The number of carbonyl (C=O) groups is 1. The van der Waals surface area contributed by atoms with Gasteiger partial charge in [-0.3, -0.25) is 4.79 Å². The van der Waals surface area contributed by atoms with Gasteiger partial charge < -0.3 is 14.7 Å². The maximum absolute atomic E-state index is 11.4. The average Bonchev–Trinajstić information content (AvgIpc) is 2.27. The Morgan fingerprint density at radius 1 is 1.62 bits per heavy atom. The summed E-state index contributed by atoms with van der Waals surface area (Å²) in [6, 6.07) is 0. The third-order valence-electron chi connectivity index (χ3n) is 2.14. The number of hydrogen-bond acceptors (Lipinski definition) is 3. The van der Waals surface area contributed by atoms with E-state index in [1.807, 2.05) is 0 Å². The molecule has 0 aromatic rings. The van der Waals surface area contributed by atoms with Gasteiger partial charge in [0.2, 0.25) is 5.91 Å². The number of nitrogens with zero attached hydrogens (tertiary/aromatic N) is 1. The molecule has 0 spiro atoms. The van der Waals surface area contributed by atoms with Gasteiger partial charge in [-0.15, -0.1) is 0 Å². The minimum absolute atomic E-state index is 0.137.